The number of nitrogens with zero attached hydrogens (tertiary/aromatic N) is 1. The number of amides is 1. The summed E-state index contributed by atoms with van der Waals surface area (Å²) in [6.07, 6.45) is 1.29. The van der Waals surface area contributed by atoms with E-state index in [0.717, 1.165) is 0 Å². The van der Waals surface area contributed by atoms with Crippen molar-refractivity contribution < 1.29 is 19.4 Å². The summed E-state index contributed by atoms with van der Waals surface area (Å²) < 4.78 is 4.80. The van der Waals surface area contributed by atoms with Crippen LogP contribution in [0.3, 0.4) is 0 Å². The largest absolute Gasteiger partial charge is 0.499 e. The van der Waals surface area contributed by atoms with Gasteiger partial charge in [0.1, 0.15) is 12.3 Å². The molecule has 1 amide bonds. The van der Waals surface area contributed by atoms with Crippen LogP contribution in [-0.4, -0.2) is 42.1 Å². The van der Waals surface area contributed by atoms with Crippen LogP contribution in [0, 0.1) is 0 Å². The molecule has 0 unspecified atom stereocenters. The number of aliphatic carboxylic acids is 1. The summed E-state index contributed by atoms with van der Waals surface area (Å²) >= 11 is 0. The highest BCUT2D eigenvalue weighted by molar-refractivity contribution is 5.92. The first-order valence-electron chi connectivity index (χ1n) is 3.38. The van der Waals surface area contributed by atoms with E-state index in [-0.39, 0.29) is 19.0 Å². The number of carboxylic acid groups (broad SMARTS) is 1. The van der Waals surface area contributed by atoms with Crippen LogP contribution in [0.5, 0.6) is 0 Å². The summed E-state index contributed by atoms with van der Waals surface area (Å²) in [6.45, 7) is -0.0240. The van der Waals surface area contributed by atoms with Gasteiger partial charge < -0.3 is 14.7 Å². The summed E-state index contributed by atoms with van der Waals surface area (Å²) in [5.74, 6) is -0.829. The lowest BCUT2D eigenvalue weighted by atomic mass is 10.5. The molecule has 12 heavy (non-hydrogen) atoms. The first-order valence-corrected chi connectivity index (χ1v) is 3.38. The van der Waals surface area contributed by atoms with E-state index in [9.17, 15) is 9.59 Å². The molecule has 66 valence electrons. The minimum atomic E-state index is -1.02. The van der Waals surface area contributed by atoms with E-state index in [0.29, 0.717) is 5.76 Å². The molecule has 0 aromatic heterocycles. The van der Waals surface area contributed by atoms with Crippen LogP contribution in [0.15, 0.2) is 11.8 Å². The van der Waals surface area contributed by atoms with Gasteiger partial charge in [-0.3, -0.25) is 9.59 Å². The van der Waals surface area contributed by atoms with E-state index < -0.39 is 5.97 Å². The van der Waals surface area contributed by atoms with Gasteiger partial charge in [-0.1, -0.05) is 0 Å². The number of carbonyl (C=O) groups excluding carboxylic acids is 1. The van der Waals surface area contributed by atoms with E-state index in [1.165, 1.54) is 18.1 Å². The first kappa shape index (κ1) is 8.58. The maximum absolute atomic E-state index is 11.0. The molecule has 0 spiro atoms. The Morgan fingerprint density at radius 2 is 2.50 bits per heavy atom. The molecular formula is C7H9NO4. The summed E-state index contributed by atoms with van der Waals surface area (Å²) in [5, 5.41) is 8.39. The molecule has 1 N–H and O–H groups in total. The fourth-order valence-corrected chi connectivity index (χ4v) is 0.961. The zero-order valence-corrected chi connectivity index (χ0v) is 6.61. The van der Waals surface area contributed by atoms with Gasteiger partial charge in [-0.2, -0.15) is 0 Å². The van der Waals surface area contributed by atoms with Gasteiger partial charge in [0.2, 0.25) is 0 Å². The Bertz CT molecular complexity index is 246. The first-order chi connectivity index (χ1) is 5.63. The van der Waals surface area contributed by atoms with Crippen LogP contribution in [0.2, 0.25) is 0 Å². The average Bonchev–Trinajstić information content (AvgIpc) is 2.31. The van der Waals surface area contributed by atoms with Crippen LogP contribution in [-0.2, 0) is 14.3 Å². The summed E-state index contributed by atoms with van der Waals surface area (Å²) in [4.78, 5) is 22.4. The Morgan fingerprint density at radius 1 is 1.83 bits per heavy atom. The molecule has 0 saturated carbocycles. The number of rotatable bonds is 3. The molecule has 0 aromatic carbocycles. The monoisotopic (exact) mass is 171 g/mol. The van der Waals surface area contributed by atoms with Crippen molar-refractivity contribution in [2.75, 3.05) is 20.2 Å². The summed E-state index contributed by atoms with van der Waals surface area (Å²) in [7, 11) is 1.45. The second-order valence-corrected chi connectivity index (χ2v) is 2.40. The highest BCUT2D eigenvalue weighted by Crippen LogP contribution is 2.09. The molecule has 1 aliphatic heterocycles. The van der Waals surface area contributed by atoms with E-state index in [1.54, 1.807) is 0 Å². The van der Waals surface area contributed by atoms with Gasteiger partial charge in [-0.05, 0) is 0 Å². The lowest BCUT2D eigenvalue weighted by Gasteiger charge is -2.12. The molecule has 1 rings (SSSR count). The van der Waals surface area contributed by atoms with Gasteiger partial charge in [-0.15, -0.1) is 0 Å². The maximum atomic E-state index is 11.0. The topological polar surface area (TPSA) is 66.8 Å². The van der Waals surface area contributed by atoms with E-state index in [1.807, 2.05) is 0 Å². The molecule has 0 aliphatic carbocycles. The quantitative estimate of drug-likeness (QED) is 0.618. The average molecular weight is 171 g/mol. The summed E-state index contributed by atoms with van der Waals surface area (Å²) in [5.41, 5.74) is 0. The molecule has 0 bridgehead atoms. The molecule has 1 heterocycles. The van der Waals surface area contributed by atoms with Gasteiger partial charge in [0, 0.05) is 6.08 Å². The number of hydrogen-bond donors (Lipinski definition) is 1. The Morgan fingerprint density at radius 3 is 2.92 bits per heavy atom. The number of hydrogen-bond acceptors (Lipinski definition) is 3. The van der Waals surface area contributed by atoms with Gasteiger partial charge in [0.25, 0.3) is 5.91 Å². The zero-order chi connectivity index (χ0) is 9.14. The second kappa shape index (κ2) is 3.25. The van der Waals surface area contributed by atoms with Crippen molar-refractivity contribution in [3.63, 3.8) is 0 Å². The van der Waals surface area contributed by atoms with Gasteiger partial charge in [-0.25, -0.2) is 0 Å². The molecule has 0 radical (unpaired) electrons. The van der Waals surface area contributed by atoms with Crippen molar-refractivity contribution in [2.24, 2.45) is 0 Å². The maximum Gasteiger partial charge on any atom is 0.323 e. The van der Waals surface area contributed by atoms with E-state index >= 15 is 0 Å². The van der Waals surface area contributed by atoms with E-state index in [4.69, 9.17) is 9.84 Å². The molecule has 0 atom stereocenters. The smallest absolute Gasteiger partial charge is 0.323 e. The van der Waals surface area contributed by atoms with Crippen LogP contribution in [0.1, 0.15) is 0 Å². The minimum absolute atomic E-state index is 0.252. The normalized spacial score (nSPS) is 16.2. The van der Waals surface area contributed by atoms with Crippen LogP contribution in [0.4, 0.5) is 0 Å². The molecular weight excluding hydrogens is 162 g/mol. The third kappa shape index (κ3) is 1.75. The summed E-state index contributed by atoms with van der Waals surface area (Å²) in [6, 6.07) is 0. The standard InChI is InChI=1S/C7H9NO4/c1-12-5-2-6(9)8(3-5)4-7(10)11/h2H,3-4H2,1H3,(H,10,11). The molecule has 1 aliphatic rings. The number of methoxy groups -OCH3 is 1. The number of carboxylic acids is 1. The predicted octanol–water partition coefficient (Wildman–Crippen LogP) is -0.557. The van der Waals surface area contributed by atoms with Gasteiger partial charge >= 0.3 is 5.97 Å². The molecule has 0 fully saturated rings. The van der Waals surface area contributed by atoms with Gasteiger partial charge in [0.15, 0.2) is 0 Å². The highest BCUT2D eigenvalue weighted by atomic mass is 16.5. The Kier molecular flexibility index (Phi) is 2.32. The molecule has 0 aromatic rings. The lowest BCUT2D eigenvalue weighted by molar-refractivity contribution is -0.142. The van der Waals surface area contributed by atoms with Crippen LogP contribution < -0.4 is 0 Å². The Hall–Kier alpha value is -1.52. The van der Waals surface area contributed by atoms with Crippen molar-refractivity contribution in [3.05, 3.63) is 11.8 Å². The number of carbonyl (C=O) groups is 2. The van der Waals surface area contributed by atoms with Crippen molar-refractivity contribution in [1.82, 2.24) is 4.90 Å². The molecule has 0 saturated heterocycles. The fourth-order valence-electron chi connectivity index (χ4n) is 0.961. The van der Waals surface area contributed by atoms with Crippen LogP contribution >= 0.6 is 0 Å². The third-order valence-corrected chi connectivity index (χ3v) is 1.53. The predicted molar refractivity (Wildman–Crippen MR) is 39.3 cm³/mol. The van der Waals surface area contributed by atoms with Gasteiger partial charge in [0.05, 0.1) is 13.7 Å². The highest BCUT2D eigenvalue weighted by Gasteiger charge is 2.23. The molecule has 5 heteroatoms. The van der Waals surface area contributed by atoms with Crippen molar-refractivity contribution in [1.29, 1.82) is 0 Å². The number of ether oxygens (including phenoxy) is 1. The third-order valence-electron chi connectivity index (χ3n) is 1.53. The lowest BCUT2D eigenvalue weighted by Crippen LogP contribution is -2.31. The Labute approximate surface area is 69.2 Å². The van der Waals surface area contributed by atoms with Crippen molar-refractivity contribution >= 4 is 11.9 Å². The zero-order valence-electron chi connectivity index (χ0n) is 6.61. The SMILES string of the molecule is COC1=CC(=O)N(CC(=O)O)C1. The molecule has 5 nitrogen and oxygen atoms in total. The second-order valence-electron chi connectivity index (χ2n) is 2.40. The minimum Gasteiger partial charge on any atom is -0.499 e. The van der Waals surface area contributed by atoms with Crippen molar-refractivity contribution in [3.8, 4) is 0 Å². The van der Waals surface area contributed by atoms with Crippen molar-refractivity contribution in [2.45, 2.75) is 0 Å². The fraction of sp³-hybridized carbons (Fsp3) is 0.429. The Balaban J connectivity index is 2.53. The van der Waals surface area contributed by atoms with E-state index in [2.05, 4.69) is 0 Å². The van der Waals surface area contributed by atoms with Crippen LogP contribution in [0.25, 0.3) is 0 Å².